The molecular weight excluding hydrogens is 219 g/mol. The van der Waals surface area contributed by atoms with E-state index in [9.17, 15) is 0 Å². The van der Waals surface area contributed by atoms with Crippen LogP contribution in [-0.4, -0.2) is 0 Å². The van der Waals surface area contributed by atoms with E-state index in [1.54, 1.807) is 0 Å². The maximum atomic E-state index is 2.27. The highest BCUT2D eigenvalue weighted by Crippen LogP contribution is 2.24. The first kappa shape index (κ1) is 10.9. The van der Waals surface area contributed by atoms with Gasteiger partial charge < -0.3 is 0 Å². The predicted octanol–water partition coefficient (Wildman–Crippen LogP) is 3.50. The lowest BCUT2D eigenvalue weighted by Gasteiger charge is -2.06. The van der Waals surface area contributed by atoms with Gasteiger partial charge in [-0.1, -0.05) is 52.8 Å². The molecule has 0 N–H and O–H groups in total. The van der Waals surface area contributed by atoms with Gasteiger partial charge in [-0.15, -0.1) is 11.3 Å². The van der Waals surface area contributed by atoms with Crippen LogP contribution < -0.4 is 10.6 Å². The molecule has 78 valence electrons. The fourth-order valence-corrected chi connectivity index (χ4v) is 4.07. The van der Waals surface area contributed by atoms with Gasteiger partial charge in [-0.25, -0.2) is 0 Å². The lowest BCUT2D eigenvalue weighted by Crippen LogP contribution is -2.05. The average molecular weight is 234 g/mol. The molecule has 0 saturated carbocycles. The summed E-state index contributed by atoms with van der Waals surface area (Å²) in [5.41, 5.74) is 0. The molecule has 0 bridgehead atoms. The minimum atomic E-state index is 0.649. The molecule has 15 heavy (non-hydrogen) atoms. The first-order chi connectivity index (χ1) is 7.27. The molecule has 1 heterocycles. The smallest absolute Gasteiger partial charge is 0.0148 e. The topological polar surface area (TPSA) is 0 Å². The third-order valence-electron chi connectivity index (χ3n) is 2.27. The Morgan fingerprint density at radius 1 is 1.07 bits per heavy atom. The normalized spacial score (nSPS) is 11.7. The molecule has 2 heteroatoms. The third-order valence-corrected chi connectivity index (χ3v) is 5.00. The van der Waals surface area contributed by atoms with E-state index >= 15 is 0 Å². The molecular formula is C13H15PS. The molecule has 1 atom stereocenters. The summed E-state index contributed by atoms with van der Waals surface area (Å²) in [5, 5.41) is 5.15. The molecule has 0 aliphatic rings. The van der Waals surface area contributed by atoms with Gasteiger partial charge in [0.05, 0.1) is 0 Å². The van der Waals surface area contributed by atoms with Crippen molar-refractivity contribution >= 4 is 30.5 Å². The SMILES string of the molecule is CC(C)c1sccc1Pc1ccccc1. The quantitative estimate of drug-likeness (QED) is 0.713. The van der Waals surface area contributed by atoms with E-state index in [4.69, 9.17) is 0 Å². The standard InChI is InChI=1S/C13H15PS/c1-10(2)13-12(8-9-15-13)14-11-6-4-3-5-7-11/h3-10,14H,1-2H3. The molecule has 2 aromatic rings. The second-order valence-electron chi connectivity index (χ2n) is 3.84. The molecule has 1 unspecified atom stereocenters. The number of thiophene rings is 1. The number of benzene rings is 1. The Bertz CT molecular complexity index is 417. The zero-order valence-corrected chi connectivity index (χ0v) is 10.8. The first-order valence-corrected chi connectivity index (χ1v) is 7.05. The summed E-state index contributed by atoms with van der Waals surface area (Å²) in [6.45, 7) is 4.54. The molecule has 0 aliphatic carbocycles. The fraction of sp³-hybridized carbons (Fsp3) is 0.231. The van der Waals surface area contributed by atoms with E-state index < -0.39 is 0 Å². The molecule has 0 fully saturated rings. The Kier molecular flexibility index (Phi) is 3.56. The molecule has 1 aromatic carbocycles. The van der Waals surface area contributed by atoms with Crippen LogP contribution in [0.5, 0.6) is 0 Å². The molecule has 0 spiro atoms. The van der Waals surface area contributed by atoms with Gasteiger partial charge in [0, 0.05) is 4.88 Å². The van der Waals surface area contributed by atoms with E-state index in [0.717, 1.165) is 8.58 Å². The monoisotopic (exact) mass is 234 g/mol. The van der Waals surface area contributed by atoms with E-state index in [1.807, 2.05) is 11.3 Å². The van der Waals surface area contributed by atoms with Gasteiger partial charge in [0.1, 0.15) is 0 Å². The van der Waals surface area contributed by atoms with Gasteiger partial charge in [-0.05, 0) is 28.0 Å². The van der Waals surface area contributed by atoms with Crippen LogP contribution in [0.25, 0.3) is 0 Å². The van der Waals surface area contributed by atoms with Crippen LogP contribution in [0.1, 0.15) is 24.6 Å². The molecule has 0 nitrogen and oxygen atoms in total. The Morgan fingerprint density at radius 3 is 2.47 bits per heavy atom. The third kappa shape index (κ3) is 2.68. The van der Waals surface area contributed by atoms with Crippen molar-refractivity contribution in [2.24, 2.45) is 0 Å². The van der Waals surface area contributed by atoms with Crippen molar-refractivity contribution in [1.82, 2.24) is 0 Å². The van der Waals surface area contributed by atoms with Gasteiger partial charge in [-0.2, -0.15) is 0 Å². The molecule has 2 rings (SSSR count). The van der Waals surface area contributed by atoms with Crippen LogP contribution in [0.4, 0.5) is 0 Å². The van der Waals surface area contributed by atoms with Crippen LogP contribution >= 0.6 is 19.9 Å². The fourth-order valence-electron chi connectivity index (χ4n) is 1.55. The molecule has 0 radical (unpaired) electrons. The van der Waals surface area contributed by atoms with Crippen molar-refractivity contribution in [3.63, 3.8) is 0 Å². The maximum absolute atomic E-state index is 2.27. The van der Waals surface area contributed by atoms with Gasteiger partial charge in [0.15, 0.2) is 0 Å². The Labute approximate surface area is 97.1 Å². The summed E-state index contributed by atoms with van der Waals surface area (Å²) >= 11 is 1.88. The zero-order valence-electron chi connectivity index (χ0n) is 9.03. The van der Waals surface area contributed by atoms with Crippen LogP contribution in [0.15, 0.2) is 41.8 Å². The Balaban J connectivity index is 2.21. The number of rotatable bonds is 3. The Morgan fingerprint density at radius 2 is 1.80 bits per heavy atom. The number of hydrogen-bond acceptors (Lipinski definition) is 1. The van der Waals surface area contributed by atoms with E-state index in [-0.39, 0.29) is 0 Å². The summed E-state index contributed by atoms with van der Waals surface area (Å²) in [6, 6.07) is 13.0. The second-order valence-corrected chi connectivity index (χ2v) is 6.16. The van der Waals surface area contributed by atoms with Gasteiger partial charge >= 0.3 is 0 Å². The van der Waals surface area contributed by atoms with Crippen molar-refractivity contribution in [2.45, 2.75) is 19.8 Å². The van der Waals surface area contributed by atoms with Crippen molar-refractivity contribution in [3.05, 3.63) is 46.7 Å². The molecule has 1 aromatic heterocycles. The summed E-state index contributed by atoms with van der Waals surface area (Å²) in [6.07, 6.45) is 0. The highest BCUT2D eigenvalue weighted by molar-refractivity contribution is 7.56. The molecule has 0 saturated heterocycles. The van der Waals surface area contributed by atoms with E-state index in [0.29, 0.717) is 5.92 Å². The predicted molar refractivity (Wildman–Crippen MR) is 72.4 cm³/mol. The summed E-state index contributed by atoms with van der Waals surface area (Å²) < 4.78 is 0. The highest BCUT2D eigenvalue weighted by atomic mass is 32.1. The van der Waals surface area contributed by atoms with Gasteiger partial charge in [0.2, 0.25) is 0 Å². The molecule has 0 amide bonds. The van der Waals surface area contributed by atoms with Crippen LogP contribution in [-0.2, 0) is 0 Å². The summed E-state index contributed by atoms with van der Waals surface area (Å²) in [7, 11) is 0.803. The number of hydrogen-bond donors (Lipinski definition) is 0. The van der Waals surface area contributed by atoms with Crippen molar-refractivity contribution < 1.29 is 0 Å². The van der Waals surface area contributed by atoms with E-state index in [1.165, 1.54) is 15.5 Å². The van der Waals surface area contributed by atoms with Gasteiger partial charge in [-0.3, -0.25) is 0 Å². The summed E-state index contributed by atoms with van der Waals surface area (Å²) in [4.78, 5) is 1.54. The first-order valence-electron chi connectivity index (χ1n) is 5.17. The minimum Gasteiger partial charge on any atom is -0.148 e. The highest BCUT2D eigenvalue weighted by Gasteiger charge is 2.08. The van der Waals surface area contributed by atoms with Crippen LogP contribution in [0.3, 0.4) is 0 Å². The largest absolute Gasteiger partial charge is 0.148 e. The van der Waals surface area contributed by atoms with Crippen molar-refractivity contribution in [2.75, 3.05) is 0 Å². The summed E-state index contributed by atoms with van der Waals surface area (Å²) in [5.74, 6) is 0.649. The lowest BCUT2D eigenvalue weighted by molar-refractivity contribution is 0.895. The average Bonchev–Trinajstić information content (AvgIpc) is 2.67. The maximum Gasteiger partial charge on any atom is 0.0148 e. The lowest BCUT2D eigenvalue weighted by atomic mass is 10.2. The van der Waals surface area contributed by atoms with Crippen molar-refractivity contribution in [1.29, 1.82) is 0 Å². The van der Waals surface area contributed by atoms with Crippen LogP contribution in [0, 0.1) is 0 Å². The zero-order chi connectivity index (χ0) is 10.7. The van der Waals surface area contributed by atoms with Crippen LogP contribution in [0.2, 0.25) is 0 Å². The minimum absolute atomic E-state index is 0.649. The van der Waals surface area contributed by atoms with Gasteiger partial charge in [0.25, 0.3) is 0 Å². The second kappa shape index (κ2) is 4.92. The van der Waals surface area contributed by atoms with E-state index in [2.05, 4.69) is 55.6 Å². The Hall–Kier alpha value is -0.650. The van der Waals surface area contributed by atoms with Crippen molar-refractivity contribution in [3.8, 4) is 0 Å². The molecule has 0 aliphatic heterocycles.